The summed E-state index contributed by atoms with van der Waals surface area (Å²) in [5, 5.41) is 0. The third-order valence-electron chi connectivity index (χ3n) is 2.93. The minimum atomic E-state index is 0.354. The number of benzene rings is 1. The molecule has 0 aromatic heterocycles. The van der Waals surface area contributed by atoms with Crippen LogP contribution in [0.3, 0.4) is 0 Å². The highest BCUT2D eigenvalue weighted by atomic mass is 16.5. The predicted molar refractivity (Wildman–Crippen MR) is 73.1 cm³/mol. The molecule has 0 spiro atoms. The Hall–Kier alpha value is -1.54. The Labute approximate surface area is 109 Å². The molecule has 0 fully saturated rings. The molecular weight excluding hydrogens is 224 g/mol. The molecular formula is C16H20O2. The van der Waals surface area contributed by atoms with E-state index in [2.05, 4.69) is 37.3 Å². The molecule has 2 heteroatoms. The van der Waals surface area contributed by atoms with Crippen LogP contribution in [0.4, 0.5) is 0 Å². The van der Waals surface area contributed by atoms with Gasteiger partial charge < -0.3 is 9.47 Å². The third kappa shape index (κ3) is 4.04. The van der Waals surface area contributed by atoms with Crippen LogP contribution in [-0.4, -0.2) is 13.2 Å². The molecule has 0 bridgehead atoms. The van der Waals surface area contributed by atoms with Crippen molar-refractivity contribution in [1.82, 2.24) is 0 Å². The van der Waals surface area contributed by atoms with Crippen molar-refractivity contribution in [3.05, 3.63) is 59.9 Å². The van der Waals surface area contributed by atoms with E-state index in [1.54, 1.807) is 0 Å². The van der Waals surface area contributed by atoms with Crippen LogP contribution < -0.4 is 0 Å². The van der Waals surface area contributed by atoms with Gasteiger partial charge in [0.15, 0.2) is 0 Å². The van der Waals surface area contributed by atoms with Gasteiger partial charge in [0.1, 0.15) is 0 Å². The van der Waals surface area contributed by atoms with Gasteiger partial charge in [0.25, 0.3) is 0 Å². The zero-order valence-electron chi connectivity index (χ0n) is 10.8. The van der Waals surface area contributed by atoms with Gasteiger partial charge >= 0.3 is 0 Å². The summed E-state index contributed by atoms with van der Waals surface area (Å²) in [7, 11) is 0. The molecule has 1 heterocycles. The molecule has 1 aliphatic rings. The topological polar surface area (TPSA) is 18.5 Å². The van der Waals surface area contributed by atoms with E-state index in [1.807, 2.05) is 18.2 Å². The van der Waals surface area contributed by atoms with Crippen LogP contribution in [0.15, 0.2) is 54.3 Å². The summed E-state index contributed by atoms with van der Waals surface area (Å²) in [6, 6.07) is 10.2. The quantitative estimate of drug-likeness (QED) is 0.561. The lowest BCUT2D eigenvalue weighted by molar-refractivity contribution is 0.148. The zero-order valence-corrected chi connectivity index (χ0v) is 10.8. The third-order valence-corrected chi connectivity index (χ3v) is 2.93. The number of hydrogen-bond donors (Lipinski definition) is 0. The van der Waals surface area contributed by atoms with E-state index in [4.69, 9.17) is 9.47 Å². The molecule has 2 nitrogen and oxygen atoms in total. The molecule has 1 atom stereocenters. The van der Waals surface area contributed by atoms with Gasteiger partial charge in [-0.15, -0.1) is 0 Å². The lowest BCUT2D eigenvalue weighted by Crippen LogP contribution is -1.98. The van der Waals surface area contributed by atoms with Gasteiger partial charge in [0.05, 0.1) is 25.6 Å². The van der Waals surface area contributed by atoms with Gasteiger partial charge in [-0.3, -0.25) is 0 Å². The number of allylic oxidation sites excluding steroid dienone is 1. The Morgan fingerprint density at radius 1 is 1.33 bits per heavy atom. The van der Waals surface area contributed by atoms with Crippen LogP contribution >= 0.6 is 0 Å². The molecule has 0 aliphatic carbocycles. The lowest BCUT2D eigenvalue weighted by atomic mass is 10.1. The first-order valence-electron chi connectivity index (χ1n) is 6.47. The van der Waals surface area contributed by atoms with Gasteiger partial charge in [-0.1, -0.05) is 49.4 Å². The normalized spacial score (nSPS) is 16.6. The molecule has 96 valence electrons. The molecule has 0 N–H and O–H groups in total. The van der Waals surface area contributed by atoms with Gasteiger partial charge in [-0.05, 0) is 11.6 Å². The Kier molecular flexibility index (Phi) is 5.03. The Morgan fingerprint density at radius 2 is 2.17 bits per heavy atom. The summed E-state index contributed by atoms with van der Waals surface area (Å²) in [6.45, 7) is 4.29. The van der Waals surface area contributed by atoms with Crippen molar-refractivity contribution >= 4 is 0 Å². The van der Waals surface area contributed by atoms with E-state index >= 15 is 0 Å². The van der Waals surface area contributed by atoms with E-state index in [1.165, 1.54) is 5.56 Å². The van der Waals surface area contributed by atoms with Gasteiger partial charge in [0, 0.05) is 12.3 Å². The van der Waals surface area contributed by atoms with E-state index in [9.17, 15) is 0 Å². The summed E-state index contributed by atoms with van der Waals surface area (Å²) in [5.74, 6) is 1.45. The second-order valence-corrected chi connectivity index (χ2v) is 4.46. The van der Waals surface area contributed by atoms with Crippen molar-refractivity contribution in [3.8, 4) is 0 Å². The Balaban J connectivity index is 1.66. The molecule has 1 aromatic carbocycles. The molecule has 1 unspecified atom stereocenters. The van der Waals surface area contributed by atoms with Gasteiger partial charge in [-0.25, -0.2) is 0 Å². The molecule has 0 saturated heterocycles. The van der Waals surface area contributed by atoms with Crippen LogP contribution in [0.25, 0.3) is 0 Å². The highest BCUT2D eigenvalue weighted by Crippen LogP contribution is 2.19. The second-order valence-electron chi connectivity index (χ2n) is 4.46. The molecule has 18 heavy (non-hydrogen) atoms. The first kappa shape index (κ1) is 12.9. The first-order chi connectivity index (χ1) is 8.86. The molecule has 0 amide bonds. The average molecular weight is 244 g/mol. The standard InChI is InChI=1S/C16H20O2/c1-14(16-10-6-12-18-16)7-5-11-17-13-15-8-3-2-4-9-15/h2-5,7-10,14H,6,11-13H2,1H3. The minimum Gasteiger partial charge on any atom is -0.497 e. The molecule has 0 radical (unpaired) electrons. The maximum Gasteiger partial charge on any atom is 0.0987 e. The maximum atomic E-state index is 5.59. The molecule has 1 aliphatic heterocycles. The molecule has 1 aromatic rings. The van der Waals surface area contributed by atoms with Crippen molar-refractivity contribution in [2.24, 2.45) is 5.92 Å². The van der Waals surface area contributed by atoms with Gasteiger partial charge in [-0.2, -0.15) is 0 Å². The van der Waals surface area contributed by atoms with Crippen molar-refractivity contribution < 1.29 is 9.47 Å². The summed E-state index contributed by atoms with van der Waals surface area (Å²) in [6.07, 6.45) is 7.41. The lowest BCUT2D eigenvalue weighted by Gasteiger charge is -2.08. The zero-order chi connectivity index (χ0) is 12.6. The summed E-state index contributed by atoms with van der Waals surface area (Å²) in [4.78, 5) is 0. The van der Waals surface area contributed by atoms with Gasteiger partial charge in [0.2, 0.25) is 0 Å². The SMILES string of the molecule is CC(C=CCOCc1ccccc1)C1=CCCO1. The first-order valence-corrected chi connectivity index (χ1v) is 6.47. The summed E-state index contributed by atoms with van der Waals surface area (Å²) in [5.41, 5.74) is 1.21. The van der Waals surface area contributed by atoms with E-state index in [0.717, 1.165) is 18.8 Å². The summed E-state index contributed by atoms with van der Waals surface area (Å²) < 4.78 is 11.1. The minimum absolute atomic E-state index is 0.354. The number of rotatable bonds is 6. The van der Waals surface area contributed by atoms with E-state index in [-0.39, 0.29) is 0 Å². The van der Waals surface area contributed by atoms with E-state index in [0.29, 0.717) is 19.1 Å². The maximum absolute atomic E-state index is 5.59. The van der Waals surface area contributed by atoms with Crippen LogP contribution in [0.2, 0.25) is 0 Å². The van der Waals surface area contributed by atoms with Crippen molar-refractivity contribution in [2.45, 2.75) is 20.0 Å². The molecule has 2 rings (SSSR count). The van der Waals surface area contributed by atoms with Crippen LogP contribution in [0.5, 0.6) is 0 Å². The fourth-order valence-electron chi connectivity index (χ4n) is 1.93. The average Bonchev–Trinajstić information content (AvgIpc) is 2.93. The highest BCUT2D eigenvalue weighted by Gasteiger charge is 2.10. The summed E-state index contributed by atoms with van der Waals surface area (Å²) >= 11 is 0. The fourth-order valence-corrected chi connectivity index (χ4v) is 1.93. The Morgan fingerprint density at radius 3 is 2.89 bits per heavy atom. The molecule has 0 saturated carbocycles. The van der Waals surface area contributed by atoms with Crippen molar-refractivity contribution in [1.29, 1.82) is 0 Å². The number of ether oxygens (including phenoxy) is 2. The van der Waals surface area contributed by atoms with E-state index < -0.39 is 0 Å². The van der Waals surface area contributed by atoms with Crippen molar-refractivity contribution in [3.63, 3.8) is 0 Å². The predicted octanol–water partition coefficient (Wildman–Crippen LogP) is 3.70. The highest BCUT2D eigenvalue weighted by molar-refractivity contribution is 5.13. The Bertz CT molecular complexity index is 406. The van der Waals surface area contributed by atoms with Crippen LogP contribution in [0.1, 0.15) is 18.9 Å². The van der Waals surface area contributed by atoms with Crippen molar-refractivity contribution in [2.75, 3.05) is 13.2 Å². The number of hydrogen-bond acceptors (Lipinski definition) is 2. The van der Waals surface area contributed by atoms with Crippen LogP contribution in [0, 0.1) is 5.92 Å². The van der Waals surface area contributed by atoms with Crippen LogP contribution in [-0.2, 0) is 16.1 Å². The second kappa shape index (κ2) is 7.02. The largest absolute Gasteiger partial charge is 0.497 e. The smallest absolute Gasteiger partial charge is 0.0987 e. The monoisotopic (exact) mass is 244 g/mol. The fraction of sp³-hybridized carbons (Fsp3) is 0.375.